The summed E-state index contributed by atoms with van der Waals surface area (Å²) in [6.07, 6.45) is -2.61. The van der Waals surface area contributed by atoms with Gasteiger partial charge in [-0.2, -0.15) is 0 Å². The molecular weight excluding hydrogens is 322 g/mol. The number of ether oxygens (including phenoxy) is 3. The lowest BCUT2D eigenvalue weighted by Gasteiger charge is -2.44. The van der Waals surface area contributed by atoms with Crippen molar-refractivity contribution in [1.29, 1.82) is 0 Å². The van der Waals surface area contributed by atoms with Crippen LogP contribution in [-0.4, -0.2) is 50.4 Å². The van der Waals surface area contributed by atoms with E-state index in [-0.39, 0.29) is 17.7 Å². The summed E-state index contributed by atoms with van der Waals surface area (Å²) in [7, 11) is -2.21. The van der Waals surface area contributed by atoms with Gasteiger partial charge in [-0.15, -0.1) is 10.1 Å². The molecule has 2 aliphatic rings. The fraction of sp³-hybridized carbons (Fsp3) is 1.00. The van der Waals surface area contributed by atoms with Crippen LogP contribution < -0.4 is 0 Å². The van der Waals surface area contributed by atoms with Crippen LogP contribution >= 0.6 is 0 Å². The number of nitrogens with zero attached hydrogens (tertiary/aromatic N) is 1. The molecule has 2 aliphatic heterocycles. The smallest absolute Gasteiger partial charge is 0.297 e. The molecule has 0 radical (unpaired) electrons. The summed E-state index contributed by atoms with van der Waals surface area (Å²) in [5.74, 6) is -0.781. The summed E-state index contributed by atoms with van der Waals surface area (Å²) in [4.78, 5) is 15.5. The minimum Gasteiger partial charge on any atom is -0.406 e. The second kappa shape index (κ2) is 5.96. The Morgan fingerprint density at radius 3 is 2.39 bits per heavy atom. The van der Waals surface area contributed by atoms with E-state index in [1.807, 2.05) is 0 Å². The molecule has 2 saturated heterocycles. The molecule has 0 aromatic carbocycles. The van der Waals surface area contributed by atoms with Crippen LogP contribution in [-0.2, 0) is 23.5 Å². The van der Waals surface area contributed by atoms with Crippen LogP contribution in [0.1, 0.15) is 34.6 Å². The quantitative estimate of drug-likeness (QED) is 0.437. The van der Waals surface area contributed by atoms with Gasteiger partial charge in [0.05, 0.1) is 6.61 Å². The largest absolute Gasteiger partial charge is 0.406 e. The molecule has 8 nitrogen and oxygen atoms in total. The molecule has 1 unspecified atom stereocenters. The van der Waals surface area contributed by atoms with Crippen molar-refractivity contribution < 1.29 is 28.6 Å². The Kier molecular flexibility index (Phi) is 4.82. The van der Waals surface area contributed by atoms with E-state index >= 15 is 0 Å². The molecule has 23 heavy (non-hydrogen) atoms. The Balaban J connectivity index is 2.25. The molecule has 0 saturated carbocycles. The molecule has 0 amide bonds. The summed E-state index contributed by atoms with van der Waals surface area (Å²) >= 11 is 0. The zero-order valence-corrected chi connectivity index (χ0v) is 15.8. The van der Waals surface area contributed by atoms with Crippen LogP contribution in [0.4, 0.5) is 0 Å². The van der Waals surface area contributed by atoms with Crippen molar-refractivity contribution in [1.82, 2.24) is 0 Å². The maximum Gasteiger partial charge on any atom is 0.297 e. The fourth-order valence-corrected chi connectivity index (χ4v) is 3.80. The molecule has 2 heterocycles. The third-order valence-corrected chi connectivity index (χ3v) is 9.14. The second-order valence-electron chi connectivity index (χ2n) is 8.01. The zero-order chi connectivity index (χ0) is 17.6. The van der Waals surface area contributed by atoms with Crippen molar-refractivity contribution in [3.05, 3.63) is 10.1 Å². The Hall–Kier alpha value is -0.743. The maximum atomic E-state index is 10.8. The first kappa shape index (κ1) is 18.6. The molecule has 2 rings (SSSR count). The highest BCUT2D eigenvalue weighted by atomic mass is 28.4. The number of hydrogen-bond acceptors (Lipinski definition) is 7. The Bertz CT molecular complexity index is 463. The summed E-state index contributed by atoms with van der Waals surface area (Å²) < 4.78 is 23.6. The van der Waals surface area contributed by atoms with Crippen molar-refractivity contribution in [2.24, 2.45) is 0 Å². The fourth-order valence-electron chi connectivity index (χ4n) is 2.52. The van der Waals surface area contributed by atoms with Gasteiger partial charge in [0.15, 0.2) is 14.1 Å². The van der Waals surface area contributed by atoms with Crippen LogP contribution in [0.5, 0.6) is 0 Å². The third kappa shape index (κ3) is 4.02. The maximum absolute atomic E-state index is 10.8. The number of rotatable bonds is 4. The molecule has 0 aliphatic carbocycles. The molecule has 134 valence electrons. The summed E-state index contributed by atoms with van der Waals surface area (Å²) in [6.45, 7) is 14.2. The normalized spacial score (nSPS) is 34.0. The Morgan fingerprint density at radius 2 is 1.87 bits per heavy atom. The molecule has 0 N–H and O–H groups in total. The first-order valence-electron chi connectivity index (χ1n) is 7.79. The highest BCUT2D eigenvalue weighted by Crippen LogP contribution is 2.42. The highest BCUT2D eigenvalue weighted by molar-refractivity contribution is 6.74. The van der Waals surface area contributed by atoms with Crippen molar-refractivity contribution in [3.63, 3.8) is 0 Å². The predicted molar refractivity (Wildman–Crippen MR) is 83.7 cm³/mol. The molecule has 0 aromatic rings. The molecule has 4 atom stereocenters. The SMILES string of the molecule is CC1(C)O[C@H]2[C@H](COC(O[N+](=O)[O-])[C@@H]2O[Si](C)(C)C(C)(C)C)O1. The van der Waals surface area contributed by atoms with E-state index < -0.39 is 37.7 Å². The topological polar surface area (TPSA) is 89.3 Å². The summed E-state index contributed by atoms with van der Waals surface area (Å²) in [5, 5.41) is 9.87. The third-order valence-electron chi connectivity index (χ3n) is 4.67. The van der Waals surface area contributed by atoms with Gasteiger partial charge in [0, 0.05) is 0 Å². The zero-order valence-electron chi connectivity index (χ0n) is 14.8. The Morgan fingerprint density at radius 1 is 1.26 bits per heavy atom. The van der Waals surface area contributed by atoms with Gasteiger partial charge in [0.25, 0.3) is 5.09 Å². The van der Waals surface area contributed by atoms with Crippen LogP contribution in [0.3, 0.4) is 0 Å². The van der Waals surface area contributed by atoms with E-state index in [9.17, 15) is 10.1 Å². The van der Waals surface area contributed by atoms with E-state index in [4.69, 9.17) is 23.5 Å². The van der Waals surface area contributed by atoms with Crippen molar-refractivity contribution in [2.45, 2.75) is 83.1 Å². The second-order valence-corrected chi connectivity index (χ2v) is 12.8. The monoisotopic (exact) mass is 349 g/mol. The molecule has 0 aromatic heterocycles. The van der Waals surface area contributed by atoms with Gasteiger partial charge in [0.1, 0.15) is 18.3 Å². The average molecular weight is 349 g/mol. The first-order valence-corrected chi connectivity index (χ1v) is 10.7. The van der Waals surface area contributed by atoms with Crippen LogP contribution in [0.2, 0.25) is 18.1 Å². The van der Waals surface area contributed by atoms with Gasteiger partial charge in [0.2, 0.25) is 6.29 Å². The molecule has 2 fully saturated rings. The minimum atomic E-state index is -2.21. The van der Waals surface area contributed by atoms with Crippen molar-refractivity contribution in [3.8, 4) is 0 Å². The molecule has 0 bridgehead atoms. The van der Waals surface area contributed by atoms with E-state index in [1.165, 1.54) is 0 Å². The molecular formula is C14H27NO7Si. The van der Waals surface area contributed by atoms with Crippen molar-refractivity contribution >= 4 is 8.32 Å². The summed E-state index contributed by atoms with van der Waals surface area (Å²) in [5.41, 5.74) is 0. The van der Waals surface area contributed by atoms with Crippen LogP contribution in [0.15, 0.2) is 0 Å². The van der Waals surface area contributed by atoms with Gasteiger partial charge in [-0.25, -0.2) is 0 Å². The molecule has 0 spiro atoms. The van der Waals surface area contributed by atoms with Gasteiger partial charge in [-0.3, -0.25) is 4.84 Å². The lowest BCUT2D eigenvalue weighted by Crippen LogP contribution is -2.59. The van der Waals surface area contributed by atoms with Crippen LogP contribution in [0, 0.1) is 10.1 Å². The number of hydrogen-bond donors (Lipinski definition) is 0. The average Bonchev–Trinajstić information content (AvgIpc) is 2.65. The highest BCUT2D eigenvalue weighted by Gasteiger charge is 2.55. The van der Waals surface area contributed by atoms with Gasteiger partial charge >= 0.3 is 0 Å². The summed E-state index contributed by atoms with van der Waals surface area (Å²) in [6, 6.07) is 0. The predicted octanol–water partition coefficient (Wildman–Crippen LogP) is 2.46. The van der Waals surface area contributed by atoms with Crippen molar-refractivity contribution in [2.75, 3.05) is 6.61 Å². The van der Waals surface area contributed by atoms with Crippen LogP contribution in [0.25, 0.3) is 0 Å². The van der Waals surface area contributed by atoms with E-state index in [0.717, 1.165) is 0 Å². The number of fused-ring (bicyclic) bond motifs is 1. The molecule has 9 heteroatoms. The van der Waals surface area contributed by atoms with E-state index in [0.29, 0.717) is 0 Å². The minimum absolute atomic E-state index is 0.0614. The lowest BCUT2D eigenvalue weighted by molar-refractivity contribution is -0.784. The first-order chi connectivity index (χ1) is 10.3. The van der Waals surface area contributed by atoms with E-state index in [2.05, 4.69) is 33.9 Å². The Labute approximate surface area is 137 Å². The van der Waals surface area contributed by atoms with Gasteiger partial charge in [-0.05, 0) is 32.0 Å². The van der Waals surface area contributed by atoms with Gasteiger partial charge in [-0.1, -0.05) is 20.8 Å². The lowest BCUT2D eigenvalue weighted by atomic mass is 10.1. The van der Waals surface area contributed by atoms with E-state index in [1.54, 1.807) is 13.8 Å². The van der Waals surface area contributed by atoms with Gasteiger partial charge < -0.3 is 18.6 Å². The standard InChI is InChI=1S/C14H27NO7Si/c1-13(2,3)23(6,7)22-11-10-9(19-14(4,5)20-10)8-18-12(11)21-15(16)17/h9-12H,8H2,1-7H3/t9-,10-,11+,12?/m0/s1.